The summed E-state index contributed by atoms with van der Waals surface area (Å²) in [4.78, 5) is 21.9. The standard InChI is InChI=1S/C11H12O4/c1-3-15-10-5-8(7-12)4-9(6-10)11(13)14-2/h4-7H,3H2,1-2H3. The number of esters is 1. The van der Waals surface area contributed by atoms with Gasteiger partial charge in [-0.3, -0.25) is 4.79 Å². The predicted molar refractivity (Wildman–Crippen MR) is 54.3 cm³/mol. The topological polar surface area (TPSA) is 52.6 Å². The predicted octanol–water partition coefficient (Wildman–Crippen LogP) is 1.68. The van der Waals surface area contributed by atoms with Crippen molar-refractivity contribution in [3.8, 4) is 5.75 Å². The first-order valence-corrected chi connectivity index (χ1v) is 4.52. The summed E-state index contributed by atoms with van der Waals surface area (Å²) >= 11 is 0. The van der Waals surface area contributed by atoms with E-state index in [1.165, 1.54) is 13.2 Å². The van der Waals surface area contributed by atoms with Crippen molar-refractivity contribution in [1.82, 2.24) is 0 Å². The molecule has 0 radical (unpaired) electrons. The van der Waals surface area contributed by atoms with Gasteiger partial charge in [0.05, 0.1) is 19.3 Å². The molecule has 0 saturated heterocycles. The molecule has 0 saturated carbocycles. The molecule has 0 aliphatic carbocycles. The molecule has 0 bridgehead atoms. The summed E-state index contributed by atoms with van der Waals surface area (Å²) in [7, 11) is 1.29. The third kappa shape index (κ3) is 2.80. The molecule has 0 spiro atoms. The average molecular weight is 208 g/mol. The summed E-state index contributed by atoms with van der Waals surface area (Å²) in [6.07, 6.45) is 0.662. The van der Waals surface area contributed by atoms with Gasteiger partial charge in [0, 0.05) is 5.56 Å². The molecule has 15 heavy (non-hydrogen) atoms. The minimum atomic E-state index is -0.486. The molecule has 0 aromatic heterocycles. The van der Waals surface area contributed by atoms with Crippen molar-refractivity contribution in [2.24, 2.45) is 0 Å². The van der Waals surface area contributed by atoms with Gasteiger partial charge < -0.3 is 9.47 Å². The van der Waals surface area contributed by atoms with E-state index in [2.05, 4.69) is 4.74 Å². The molecule has 0 fully saturated rings. The number of hydrogen-bond acceptors (Lipinski definition) is 4. The molecule has 1 aromatic carbocycles. The lowest BCUT2D eigenvalue weighted by molar-refractivity contribution is 0.0600. The third-order valence-electron chi connectivity index (χ3n) is 1.80. The van der Waals surface area contributed by atoms with Gasteiger partial charge in [-0.1, -0.05) is 0 Å². The zero-order valence-electron chi connectivity index (χ0n) is 8.65. The first kappa shape index (κ1) is 11.2. The summed E-state index contributed by atoms with van der Waals surface area (Å²) in [6, 6.07) is 4.58. The van der Waals surface area contributed by atoms with E-state index < -0.39 is 5.97 Å². The van der Waals surface area contributed by atoms with Crippen molar-refractivity contribution in [1.29, 1.82) is 0 Å². The maximum absolute atomic E-state index is 11.2. The fourth-order valence-corrected chi connectivity index (χ4v) is 1.18. The van der Waals surface area contributed by atoms with Crippen LogP contribution in [0.4, 0.5) is 0 Å². The molecule has 0 heterocycles. The van der Waals surface area contributed by atoms with Gasteiger partial charge in [0.25, 0.3) is 0 Å². The highest BCUT2D eigenvalue weighted by molar-refractivity contribution is 5.92. The summed E-state index contributed by atoms with van der Waals surface area (Å²) in [6.45, 7) is 2.30. The second kappa shape index (κ2) is 5.14. The molecule has 4 nitrogen and oxygen atoms in total. The fraction of sp³-hybridized carbons (Fsp3) is 0.273. The zero-order chi connectivity index (χ0) is 11.3. The van der Waals surface area contributed by atoms with E-state index in [1.54, 1.807) is 12.1 Å². The number of carbonyl (C=O) groups excluding carboxylic acids is 2. The van der Waals surface area contributed by atoms with E-state index in [-0.39, 0.29) is 0 Å². The van der Waals surface area contributed by atoms with Gasteiger partial charge in [0.15, 0.2) is 0 Å². The van der Waals surface area contributed by atoms with Crippen molar-refractivity contribution >= 4 is 12.3 Å². The largest absolute Gasteiger partial charge is 0.494 e. The summed E-state index contributed by atoms with van der Waals surface area (Å²) in [5.41, 5.74) is 0.701. The Morgan fingerprint density at radius 3 is 2.67 bits per heavy atom. The quantitative estimate of drug-likeness (QED) is 0.558. The molecule has 0 aliphatic rings. The van der Waals surface area contributed by atoms with E-state index in [0.717, 1.165) is 0 Å². The number of aldehydes is 1. The van der Waals surface area contributed by atoms with Crippen LogP contribution >= 0.6 is 0 Å². The van der Waals surface area contributed by atoms with Crippen molar-refractivity contribution in [3.05, 3.63) is 29.3 Å². The minimum Gasteiger partial charge on any atom is -0.494 e. The van der Waals surface area contributed by atoms with Crippen LogP contribution in [0.3, 0.4) is 0 Å². The molecule has 0 N–H and O–H groups in total. The molecule has 1 aromatic rings. The van der Waals surface area contributed by atoms with Crippen LogP contribution in [0, 0.1) is 0 Å². The SMILES string of the molecule is CCOc1cc(C=O)cc(C(=O)OC)c1. The van der Waals surface area contributed by atoms with Gasteiger partial charge in [-0.2, -0.15) is 0 Å². The van der Waals surface area contributed by atoms with Crippen LogP contribution in [0.25, 0.3) is 0 Å². The zero-order valence-corrected chi connectivity index (χ0v) is 8.65. The molecule has 0 aliphatic heterocycles. The molecular formula is C11H12O4. The highest BCUT2D eigenvalue weighted by Gasteiger charge is 2.08. The fourth-order valence-electron chi connectivity index (χ4n) is 1.18. The lowest BCUT2D eigenvalue weighted by Crippen LogP contribution is -2.03. The Labute approximate surface area is 87.8 Å². The summed E-state index contributed by atoms with van der Waals surface area (Å²) in [5, 5.41) is 0. The lowest BCUT2D eigenvalue weighted by atomic mass is 10.1. The maximum Gasteiger partial charge on any atom is 0.338 e. The van der Waals surface area contributed by atoms with Crippen LogP contribution in [0.15, 0.2) is 18.2 Å². The second-order valence-corrected chi connectivity index (χ2v) is 2.83. The van der Waals surface area contributed by atoms with E-state index in [4.69, 9.17) is 4.74 Å². The van der Waals surface area contributed by atoms with E-state index >= 15 is 0 Å². The average Bonchev–Trinajstić information content (AvgIpc) is 2.28. The number of rotatable bonds is 4. The molecular weight excluding hydrogens is 196 g/mol. The lowest BCUT2D eigenvalue weighted by Gasteiger charge is -2.06. The Bertz CT molecular complexity index is 371. The smallest absolute Gasteiger partial charge is 0.338 e. The molecule has 0 unspecified atom stereocenters. The molecule has 80 valence electrons. The number of methoxy groups -OCH3 is 1. The van der Waals surface area contributed by atoms with Crippen LogP contribution in [-0.2, 0) is 4.74 Å². The van der Waals surface area contributed by atoms with Gasteiger partial charge in [-0.05, 0) is 25.1 Å². The van der Waals surface area contributed by atoms with Crippen LogP contribution in [0.2, 0.25) is 0 Å². The molecule has 0 amide bonds. The molecule has 1 rings (SSSR count). The van der Waals surface area contributed by atoms with Crippen LogP contribution in [-0.4, -0.2) is 26.0 Å². The normalized spacial score (nSPS) is 9.47. The monoisotopic (exact) mass is 208 g/mol. The van der Waals surface area contributed by atoms with Gasteiger partial charge in [0.1, 0.15) is 12.0 Å². The second-order valence-electron chi connectivity index (χ2n) is 2.83. The van der Waals surface area contributed by atoms with Crippen molar-refractivity contribution in [2.45, 2.75) is 6.92 Å². The van der Waals surface area contributed by atoms with Crippen molar-refractivity contribution in [2.75, 3.05) is 13.7 Å². The third-order valence-corrected chi connectivity index (χ3v) is 1.80. The summed E-state index contributed by atoms with van der Waals surface area (Å²) in [5.74, 6) is 0.00199. The van der Waals surface area contributed by atoms with Gasteiger partial charge in [-0.25, -0.2) is 4.79 Å². The van der Waals surface area contributed by atoms with E-state index in [9.17, 15) is 9.59 Å². The van der Waals surface area contributed by atoms with Crippen LogP contribution < -0.4 is 4.74 Å². The summed E-state index contributed by atoms with van der Waals surface area (Å²) < 4.78 is 9.78. The Morgan fingerprint density at radius 1 is 1.40 bits per heavy atom. The number of carbonyl (C=O) groups is 2. The van der Waals surface area contributed by atoms with Crippen molar-refractivity contribution in [3.63, 3.8) is 0 Å². The minimum absolute atomic E-state index is 0.311. The number of benzene rings is 1. The van der Waals surface area contributed by atoms with Gasteiger partial charge >= 0.3 is 5.97 Å². The van der Waals surface area contributed by atoms with Crippen LogP contribution in [0.1, 0.15) is 27.6 Å². The highest BCUT2D eigenvalue weighted by atomic mass is 16.5. The highest BCUT2D eigenvalue weighted by Crippen LogP contribution is 2.17. The Balaban J connectivity index is 3.10. The molecule has 4 heteroatoms. The Morgan fingerprint density at radius 2 is 2.13 bits per heavy atom. The molecule has 0 atom stereocenters. The van der Waals surface area contributed by atoms with E-state index in [1.807, 2.05) is 6.92 Å². The van der Waals surface area contributed by atoms with Gasteiger partial charge in [-0.15, -0.1) is 0 Å². The maximum atomic E-state index is 11.2. The van der Waals surface area contributed by atoms with Crippen LogP contribution in [0.5, 0.6) is 5.75 Å². The number of hydrogen-bond donors (Lipinski definition) is 0. The van der Waals surface area contributed by atoms with Gasteiger partial charge in [0.2, 0.25) is 0 Å². The van der Waals surface area contributed by atoms with Crippen molar-refractivity contribution < 1.29 is 19.1 Å². The van der Waals surface area contributed by atoms with E-state index in [0.29, 0.717) is 29.8 Å². The number of ether oxygens (including phenoxy) is 2. The first-order chi connectivity index (χ1) is 7.21. The Kier molecular flexibility index (Phi) is 3.85. The Hall–Kier alpha value is -1.84. The first-order valence-electron chi connectivity index (χ1n) is 4.52.